The van der Waals surface area contributed by atoms with Gasteiger partial charge in [0.05, 0.1) is 0 Å². The molecule has 2 aromatic carbocycles. The van der Waals surface area contributed by atoms with Crippen LogP contribution in [-0.4, -0.2) is 5.97 Å². The number of fused-ring (bicyclic) bond motifs is 3. The molecule has 0 radical (unpaired) electrons. The normalized spacial score (nSPS) is 13.0. The molecule has 0 aliphatic heterocycles. The molecule has 0 amide bonds. The zero-order chi connectivity index (χ0) is 18.5. The molecular formula is C24H28O2. The molecule has 0 bridgehead atoms. The highest BCUT2D eigenvalue weighted by Gasteiger charge is 2.25. The topological polar surface area (TPSA) is 26.3 Å². The largest absolute Gasteiger partial charge is 0.423 e. The zero-order valence-corrected chi connectivity index (χ0v) is 15.9. The number of rotatable bonds is 8. The second kappa shape index (κ2) is 8.35. The molecule has 1 atom stereocenters. The van der Waals surface area contributed by atoms with E-state index in [-0.39, 0.29) is 5.97 Å². The first kappa shape index (κ1) is 18.4. The van der Waals surface area contributed by atoms with Crippen molar-refractivity contribution in [1.29, 1.82) is 0 Å². The van der Waals surface area contributed by atoms with Gasteiger partial charge in [0.2, 0.25) is 0 Å². The standard InChI is InChI=1S/C24H28O2/c1-4-7-10-17(5-2)15-19-13-14-21-20-12-9-8-11-18(20)16-22(21)24(19)26-23(25)6-3/h6,8-9,11-14,17H,3-5,7,10,15-16H2,1-2H3. The Kier molecular flexibility index (Phi) is 5.92. The Balaban J connectivity index is 1.98. The van der Waals surface area contributed by atoms with Crippen LogP contribution in [0.15, 0.2) is 49.1 Å². The summed E-state index contributed by atoms with van der Waals surface area (Å²) in [6.45, 7) is 8.04. The van der Waals surface area contributed by atoms with E-state index in [9.17, 15) is 4.79 Å². The van der Waals surface area contributed by atoms with Crippen molar-refractivity contribution in [2.45, 2.75) is 52.4 Å². The van der Waals surface area contributed by atoms with Gasteiger partial charge in [-0.15, -0.1) is 0 Å². The third-order valence-electron chi connectivity index (χ3n) is 5.44. The Hall–Kier alpha value is -2.35. The van der Waals surface area contributed by atoms with E-state index in [4.69, 9.17) is 4.74 Å². The van der Waals surface area contributed by atoms with Gasteiger partial charge in [-0.1, -0.05) is 82.5 Å². The van der Waals surface area contributed by atoms with Crippen LogP contribution in [0.3, 0.4) is 0 Å². The Bertz CT molecular complexity index is 804. The van der Waals surface area contributed by atoms with Crippen LogP contribution in [0.25, 0.3) is 11.1 Å². The van der Waals surface area contributed by atoms with Crippen LogP contribution in [-0.2, 0) is 17.6 Å². The summed E-state index contributed by atoms with van der Waals surface area (Å²) in [6, 6.07) is 12.8. The van der Waals surface area contributed by atoms with Gasteiger partial charge < -0.3 is 4.74 Å². The van der Waals surface area contributed by atoms with E-state index in [0.717, 1.165) is 36.1 Å². The van der Waals surface area contributed by atoms with Crippen molar-refractivity contribution in [2.24, 2.45) is 5.92 Å². The second-order valence-electron chi connectivity index (χ2n) is 7.16. The molecule has 0 heterocycles. The Morgan fingerprint density at radius 3 is 2.73 bits per heavy atom. The molecule has 2 nitrogen and oxygen atoms in total. The maximum Gasteiger partial charge on any atom is 0.335 e. The van der Waals surface area contributed by atoms with Crippen molar-refractivity contribution in [3.63, 3.8) is 0 Å². The maximum absolute atomic E-state index is 12.0. The number of hydrogen-bond acceptors (Lipinski definition) is 2. The molecule has 0 fully saturated rings. The van der Waals surface area contributed by atoms with Crippen LogP contribution in [0, 0.1) is 5.92 Å². The summed E-state index contributed by atoms with van der Waals surface area (Å²) in [4.78, 5) is 12.0. The summed E-state index contributed by atoms with van der Waals surface area (Å²) in [5, 5.41) is 0. The zero-order valence-electron chi connectivity index (χ0n) is 15.9. The molecule has 1 unspecified atom stereocenters. The minimum absolute atomic E-state index is 0.378. The molecule has 136 valence electrons. The van der Waals surface area contributed by atoms with E-state index in [1.807, 2.05) is 0 Å². The van der Waals surface area contributed by atoms with Crippen molar-refractivity contribution in [3.05, 3.63) is 65.7 Å². The highest BCUT2D eigenvalue weighted by atomic mass is 16.5. The molecule has 1 aliphatic rings. The third-order valence-corrected chi connectivity index (χ3v) is 5.44. The number of hydrogen-bond donors (Lipinski definition) is 0. The molecule has 0 saturated heterocycles. The first-order valence-corrected chi connectivity index (χ1v) is 9.75. The van der Waals surface area contributed by atoms with Gasteiger partial charge in [-0.25, -0.2) is 4.79 Å². The lowest BCUT2D eigenvalue weighted by atomic mass is 9.90. The lowest BCUT2D eigenvalue weighted by Gasteiger charge is -2.19. The average Bonchev–Trinajstić information content (AvgIpc) is 3.05. The second-order valence-corrected chi connectivity index (χ2v) is 7.16. The third kappa shape index (κ3) is 3.75. The van der Waals surface area contributed by atoms with E-state index in [2.05, 4.69) is 56.8 Å². The van der Waals surface area contributed by atoms with Crippen LogP contribution in [0.5, 0.6) is 5.75 Å². The molecule has 26 heavy (non-hydrogen) atoms. The molecule has 0 saturated carbocycles. The average molecular weight is 348 g/mol. The lowest BCUT2D eigenvalue weighted by molar-refractivity contribution is -0.129. The van der Waals surface area contributed by atoms with Gasteiger partial charge in [-0.2, -0.15) is 0 Å². The molecule has 1 aliphatic carbocycles. The summed E-state index contributed by atoms with van der Waals surface area (Å²) in [6.07, 6.45) is 7.86. The van der Waals surface area contributed by atoms with E-state index in [1.165, 1.54) is 42.0 Å². The van der Waals surface area contributed by atoms with E-state index >= 15 is 0 Å². The van der Waals surface area contributed by atoms with Crippen LogP contribution in [0.1, 0.15) is 56.2 Å². The number of carbonyl (C=O) groups is 1. The first-order valence-electron chi connectivity index (χ1n) is 9.75. The molecule has 0 N–H and O–H groups in total. The van der Waals surface area contributed by atoms with Gasteiger partial charge in [0.15, 0.2) is 0 Å². The highest BCUT2D eigenvalue weighted by Crippen LogP contribution is 2.43. The van der Waals surface area contributed by atoms with Crippen molar-refractivity contribution in [2.75, 3.05) is 0 Å². The molecule has 0 aromatic heterocycles. The smallest absolute Gasteiger partial charge is 0.335 e. The van der Waals surface area contributed by atoms with Crippen LogP contribution < -0.4 is 4.74 Å². The van der Waals surface area contributed by atoms with Crippen molar-refractivity contribution in [1.82, 2.24) is 0 Å². The van der Waals surface area contributed by atoms with E-state index in [1.54, 1.807) is 0 Å². The fraction of sp³-hybridized carbons (Fsp3) is 0.375. The predicted octanol–water partition coefficient (Wildman–Crippen LogP) is 6.11. The maximum atomic E-state index is 12.0. The number of ether oxygens (including phenoxy) is 1. The molecule has 3 rings (SSSR count). The number of unbranched alkanes of at least 4 members (excludes halogenated alkanes) is 1. The van der Waals surface area contributed by atoms with Crippen molar-refractivity contribution < 1.29 is 9.53 Å². The predicted molar refractivity (Wildman–Crippen MR) is 108 cm³/mol. The Labute approximate surface area is 156 Å². The molecule has 2 heteroatoms. The van der Waals surface area contributed by atoms with E-state index in [0.29, 0.717) is 5.92 Å². The van der Waals surface area contributed by atoms with Gasteiger partial charge >= 0.3 is 5.97 Å². The highest BCUT2D eigenvalue weighted by molar-refractivity contribution is 5.86. The lowest BCUT2D eigenvalue weighted by Crippen LogP contribution is -2.11. The summed E-state index contributed by atoms with van der Waals surface area (Å²) in [7, 11) is 0. The fourth-order valence-electron chi connectivity index (χ4n) is 3.92. The summed E-state index contributed by atoms with van der Waals surface area (Å²) in [5.74, 6) is 1.01. The van der Waals surface area contributed by atoms with Gasteiger partial charge in [-0.3, -0.25) is 0 Å². The van der Waals surface area contributed by atoms with Gasteiger partial charge in [0.25, 0.3) is 0 Å². The monoisotopic (exact) mass is 348 g/mol. The minimum atomic E-state index is -0.378. The van der Waals surface area contributed by atoms with Gasteiger partial charge in [0, 0.05) is 18.1 Å². The van der Waals surface area contributed by atoms with Crippen molar-refractivity contribution in [3.8, 4) is 16.9 Å². The molecular weight excluding hydrogens is 320 g/mol. The van der Waals surface area contributed by atoms with Crippen LogP contribution >= 0.6 is 0 Å². The Morgan fingerprint density at radius 2 is 2.00 bits per heavy atom. The van der Waals surface area contributed by atoms with E-state index < -0.39 is 0 Å². The SMILES string of the molecule is C=CC(=O)Oc1c(CC(CC)CCCC)ccc2c1Cc1ccccc1-2. The Morgan fingerprint density at radius 1 is 1.19 bits per heavy atom. The number of carbonyl (C=O) groups excluding carboxylic acids is 1. The quantitative estimate of drug-likeness (QED) is 0.279. The van der Waals surface area contributed by atoms with Gasteiger partial charge in [0.1, 0.15) is 5.75 Å². The summed E-state index contributed by atoms with van der Waals surface area (Å²) >= 11 is 0. The molecule has 0 spiro atoms. The number of esters is 1. The van der Waals surface area contributed by atoms with Crippen molar-refractivity contribution >= 4 is 5.97 Å². The first-order chi connectivity index (χ1) is 12.7. The van der Waals surface area contributed by atoms with Gasteiger partial charge in [-0.05, 0) is 34.6 Å². The number of benzene rings is 2. The summed E-state index contributed by atoms with van der Waals surface area (Å²) < 4.78 is 5.76. The molecule has 2 aromatic rings. The van der Waals surface area contributed by atoms with Crippen LogP contribution in [0.4, 0.5) is 0 Å². The fourth-order valence-corrected chi connectivity index (χ4v) is 3.92. The minimum Gasteiger partial charge on any atom is -0.423 e. The van der Waals surface area contributed by atoms with Crippen LogP contribution in [0.2, 0.25) is 0 Å². The summed E-state index contributed by atoms with van der Waals surface area (Å²) in [5.41, 5.74) is 6.04.